The summed E-state index contributed by atoms with van der Waals surface area (Å²) in [4.78, 5) is 19.3. The Balaban J connectivity index is 1.47. The molecule has 4 rings (SSSR count). The molecule has 27 heavy (non-hydrogen) atoms. The maximum absolute atomic E-state index is 12.5. The molecule has 0 aliphatic carbocycles. The molecule has 3 aromatic rings. The van der Waals surface area contributed by atoms with Crippen LogP contribution in [-0.2, 0) is 13.0 Å². The largest absolute Gasteiger partial charge is 0.352 e. The highest BCUT2D eigenvalue weighted by Crippen LogP contribution is 2.23. The van der Waals surface area contributed by atoms with Gasteiger partial charge in [0.2, 0.25) is 0 Å². The average molecular weight is 357 g/mol. The lowest BCUT2D eigenvalue weighted by Gasteiger charge is -2.29. The van der Waals surface area contributed by atoms with Crippen LogP contribution in [0, 0.1) is 13.8 Å². The number of carbonyl (C=O) groups is 1. The molecule has 1 N–H and O–H groups in total. The van der Waals surface area contributed by atoms with E-state index in [0.717, 1.165) is 36.6 Å². The van der Waals surface area contributed by atoms with Gasteiger partial charge >= 0.3 is 0 Å². The highest BCUT2D eigenvalue weighted by Gasteiger charge is 2.17. The maximum Gasteiger partial charge on any atom is 0.257 e. The molecule has 4 nitrogen and oxygen atoms in total. The van der Waals surface area contributed by atoms with E-state index in [4.69, 9.17) is 0 Å². The van der Waals surface area contributed by atoms with Gasteiger partial charge in [-0.3, -0.25) is 4.79 Å². The number of nitrogens with zero attached hydrogens (tertiary/aromatic N) is 2. The van der Waals surface area contributed by atoms with Crippen molar-refractivity contribution in [2.24, 2.45) is 0 Å². The first kappa shape index (κ1) is 17.3. The fourth-order valence-electron chi connectivity index (χ4n) is 3.55. The molecule has 0 saturated heterocycles. The van der Waals surface area contributed by atoms with Crippen molar-refractivity contribution in [2.75, 3.05) is 16.8 Å². The van der Waals surface area contributed by atoms with Crippen LogP contribution in [0.5, 0.6) is 0 Å². The van der Waals surface area contributed by atoms with Gasteiger partial charge in [-0.15, -0.1) is 0 Å². The highest BCUT2D eigenvalue weighted by molar-refractivity contribution is 6.04. The van der Waals surface area contributed by atoms with Crippen molar-refractivity contribution in [3.8, 4) is 0 Å². The molecule has 0 radical (unpaired) electrons. The predicted octanol–water partition coefficient (Wildman–Crippen LogP) is 4.51. The lowest BCUT2D eigenvalue weighted by molar-refractivity contribution is 0.102. The van der Waals surface area contributed by atoms with E-state index in [1.165, 1.54) is 16.7 Å². The Morgan fingerprint density at radius 1 is 1.04 bits per heavy atom. The van der Waals surface area contributed by atoms with Crippen LogP contribution in [-0.4, -0.2) is 17.4 Å². The normalized spacial score (nSPS) is 13.2. The van der Waals surface area contributed by atoms with Crippen LogP contribution >= 0.6 is 0 Å². The summed E-state index contributed by atoms with van der Waals surface area (Å²) in [5, 5.41) is 2.97. The first-order valence-electron chi connectivity index (χ1n) is 9.26. The highest BCUT2D eigenvalue weighted by atomic mass is 16.1. The Morgan fingerprint density at radius 2 is 1.85 bits per heavy atom. The van der Waals surface area contributed by atoms with Gasteiger partial charge in [0.05, 0.1) is 5.56 Å². The third kappa shape index (κ3) is 3.70. The molecule has 4 heteroatoms. The fourth-order valence-corrected chi connectivity index (χ4v) is 3.55. The number of aromatic nitrogens is 1. The van der Waals surface area contributed by atoms with Crippen molar-refractivity contribution in [2.45, 2.75) is 26.8 Å². The third-order valence-electron chi connectivity index (χ3n) is 5.09. The van der Waals surface area contributed by atoms with Crippen molar-refractivity contribution in [1.29, 1.82) is 0 Å². The SMILES string of the molecule is Cc1ccc(NC(=O)c2ccc(N3CCc4ccccc4C3)nc2)c(C)c1. The first-order chi connectivity index (χ1) is 13.1. The molecule has 0 fully saturated rings. The van der Waals surface area contributed by atoms with Crippen molar-refractivity contribution in [1.82, 2.24) is 4.98 Å². The van der Waals surface area contributed by atoms with Crippen LogP contribution in [0.25, 0.3) is 0 Å². The Bertz CT molecular complexity index is 979. The molecule has 1 aliphatic heterocycles. The number of fused-ring (bicyclic) bond motifs is 1. The van der Waals surface area contributed by atoms with E-state index < -0.39 is 0 Å². The minimum absolute atomic E-state index is 0.134. The molecule has 2 aromatic carbocycles. The lowest BCUT2D eigenvalue weighted by Crippen LogP contribution is -2.31. The van der Waals surface area contributed by atoms with Crippen LogP contribution in [0.4, 0.5) is 11.5 Å². The lowest BCUT2D eigenvalue weighted by atomic mass is 10.00. The van der Waals surface area contributed by atoms with Crippen molar-refractivity contribution in [3.05, 3.63) is 88.6 Å². The van der Waals surface area contributed by atoms with Gasteiger partial charge in [0.25, 0.3) is 5.91 Å². The van der Waals surface area contributed by atoms with E-state index >= 15 is 0 Å². The number of benzene rings is 2. The maximum atomic E-state index is 12.5. The summed E-state index contributed by atoms with van der Waals surface area (Å²) >= 11 is 0. The molecule has 0 bridgehead atoms. The van der Waals surface area contributed by atoms with Gasteiger partial charge in [0.15, 0.2) is 0 Å². The Kier molecular flexibility index (Phi) is 4.63. The zero-order valence-electron chi connectivity index (χ0n) is 15.7. The van der Waals surface area contributed by atoms with Gasteiger partial charge < -0.3 is 10.2 Å². The van der Waals surface area contributed by atoms with Crippen LogP contribution in [0.3, 0.4) is 0 Å². The summed E-state index contributed by atoms with van der Waals surface area (Å²) in [7, 11) is 0. The molecular weight excluding hydrogens is 334 g/mol. The number of rotatable bonds is 3. The second kappa shape index (κ2) is 7.23. The monoisotopic (exact) mass is 357 g/mol. The number of carbonyl (C=O) groups excluding carboxylic acids is 1. The van der Waals surface area contributed by atoms with Crippen molar-refractivity contribution >= 4 is 17.4 Å². The van der Waals surface area contributed by atoms with Crippen LogP contribution in [0.2, 0.25) is 0 Å². The van der Waals surface area contributed by atoms with Crippen LogP contribution < -0.4 is 10.2 Å². The average Bonchev–Trinajstić information content (AvgIpc) is 2.70. The summed E-state index contributed by atoms with van der Waals surface area (Å²) in [5.74, 6) is 0.776. The van der Waals surface area contributed by atoms with Gasteiger partial charge in [0.1, 0.15) is 5.82 Å². The summed E-state index contributed by atoms with van der Waals surface area (Å²) in [6.07, 6.45) is 2.68. The number of aryl methyl sites for hydroxylation is 2. The zero-order chi connectivity index (χ0) is 18.8. The van der Waals surface area contributed by atoms with E-state index in [1.807, 2.05) is 38.1 Å². The first-order valence-corrected chi connectivity index (χ1v) is 9.26. The Hall–Kier alpha value is -3.14. The molecule has 2 heterocycles. The van der Waals surface area contributed by atoms with Crippen molar-refractivity contribution in [3.63, 3.8) is 0 Å². The van der Waals surface area contributed by atoms with E-state index in [-0.39, 0.29) is 5.91 Å². The number of hydrogen-bond donors (Lipinski definition) is 1. The van der Waals surface area contributed by atoms with Crippen LogP contribution in [0.1, 0.15) is 32.6 Å². The molecular formula is C23H23N3O. The van der Waals surface area contributed by atoms with E-state index in [0.29, 0.717) is 5.56 Å². The standard InChI is InChI=1S/C23H23N3O/c1-16-7-9-21(17(2)13-16)25-23(27)19-8-10-22(24-14-19)26-12-11-18-5-3-4-6-20(18)15-26/h3-10,13-14H,11-12,15H2,1-2H3,(H,25,27). The van der Waals surface area contributed by atoms with Gasteiger partial charge in [-0.1, -0.05) is 42.0 Å². The quantitative estimate of drug-likeness (QED) is 0.750. The Labute approximate surface area is 159 Å². The third-order valence-corrected chi connectivity index (χ3v) is 5.09. The molecule has 0 unspecified atom stereocenters. The predicted molar refractivity (Wildman–Crippen MR) is 109 cm³/mol. The topological polar surface area (TPSA) is 45.2 Å². The summed E-state index contributed by atoms with van der Waals surface area (Å²) in [6, 6.07) is 18.3. The molecule has 1 aliphatic rings. The molecule has 136 valence electrons. The van der Waals surface area contributed by atoms with E-state index in [9.17, 15) is 4.79 Å². The van der Waals surface area contributed by atoms with E-state index in [1.54, 1.807) is 6.20 Å². The van der Waals surface area contributed by atoms with E-state index in [2.05, 4.69) is 45.5 Å². The molecule has 1 aromatic heterocycles. The smallest absolute Gasteiger partial charge is 0.257 e. The molecule has 0 spiro atoms. The van der Waals surface area contributed by atoms with Gasteiger partial charge in [0, 0.05) is 25.0 Å². The minimum atomic E-state index is -0.134. The minimum Gasteiger partial charge on any atom is -0.352 e. The summed E-state index contributed by atoms with van der Waals surface area (Å²) in [6.45, 7) is 5.84. The second-order valence-corrected chi connectivity index (χ2v) is 7.12. The second-order valence-electron chi connectivity index (χ2n) is 7.12. The zero-order valence-corrected chi connectivity index (χ0v) is 15.7. The number of anilines is 2. The number of nitrogens with one attached hydrogen (secondary N) is 1. The van der Waals surface area contributed by atoms with Crippen LogP contribution in [0.15, 0.2) is 60.8 Å². The number of hydrogen-bond acceptors (Lipinski definition) is 3. The summed E-state index contributed by atoms with van der Waals surface area (Å²) in [5.41, 5.74) is 6.40. The number of amides is 1. The summed E-state index contributed by atoms with van der Waals surface area (Å²) < 4.78 is 0. The molecule has 0 saturated carbocycles. The van der Waals surface area contributed by atoms with Gasteiger partial charge in [-0.25, -0.2) is 4.98 Å². The molecule has 1 amide bonds. The fraction of sp³-hybridized carbons (Fsp3) is 0.217. The van der Waals surface area contributed by atoms with Gasteiger partial charge in [-0.2, -0.15) is 0 Å². The van der Waals surface area contributed by atoms with Gasteiger partial charge in [-0.05, 0) is 55.2 Å². The molecule has 0 atom stereocenters. The Morgan fingerprint density at radius 3 is 2.59 bits per heavy atom. The van der Waals surface area contributed by atoms with Crippen molar-refractivity contribution < 1.29 is 4.79 Å². The number of pyridine rings is 1.